The van der Waals surface area contributed by atoms with Gasteiger partial charge in [0.05, 0.1) is 8.81 Å². The molecule has 0 amide bonds. The van der Waals surface area contributed by atoms with Crippen molar-refractivity contribution < 1.29 is 18.3 Å². The van der Waals surface area contributed by atoms with Gasteiger partial charge in [-0.3, -0.25) is 4.79 Å². The zero-order valence-corrected chi connectivity index (χ0v) is 12.2. The van der Waals surface area contributed by atoms with E-state index in [1.165, 1.54) is 6.07 Å². The van der Waals surface area contributed by atoms with E-state index in [-0.39, 0.29) is 9.23 Å². The Morgan fingerprint density at radius 2 is 2.18 bits per heavy atom. The molecule has 1 aliphatic rings. The molecule has 5 nitrogen and oxygen atoms in total. The normalized spacial score (nSPS) is 18.0. The number of carboxylic acids is 1. The molecule has 1 aromatic heterocycles. The summed E-state index contributed by atoms with van der Waals surface area (Å²) in [5.74, 6) is -1.15. The minimum atomic E-state index is -3.83. The Bertz CT molecular complexity index is 559. The zero-order valence-electron chi connectivity index (χ0n) is 8.24. The van der Waals surface area contributed by atoms with Gasteiger partial charge in [0.1, 0.15) is 9.75 Å². The molecule has 0 saturated heterocycles. The molecular formula is C8H7BrClNO4S2. The van der Waals surface area contributed by atoms with E-state index in [1.54, 1.807) is 0 Å². The van der Waals surface area contributed by atoms with Crippen LogP contribution in [0.4, 0.5) is 0 Å². The van der Waals surface area contributed by atoms with Crippen LogP contribution in [-0.4, -0.2) is 25.0 Å². The third-order valence-electron chi connectivity index (χ3n) is 2.38. The highest BCUT2D eigenvalue weighted by atomic mass is 79.9. The molecular weight excluding hydrogens is 354 g/mol. The van der Waals surface area contributed by atoms with Crippen LogP contribution in [0.15, 0.2) is 14.1 Å². The maximum atomic E-state index is 11.9. The van der Waals surface area contributed by atoms with Crippen LogP contribution in [0.25, 0.3) is 0 Å². The highest BCUT2D eigenvalue weighted by Crippen LogP contribution is 2.39. The minimum Gasteiger partial charge on any atom is -0.480 e. The predicted molar refractivity (Wildman–Crippen MR) is 67.0 cm³/mol. The third-order valence-corrected chi connectivity index (χ3v) is 6.86. The van der Waals surface area contributed by atoms with Crippen molar-refractivity contribution in [1.29, 1.82) is 0 Å². The van der Waals surface area contributed by atoms with E-state index in [1.807, 2.05) is 0 Å². The number of nitrogens with one attached hydrogen (secondary N) is 1. The second-order valence-electron chi connectivity index (χ2n) is 3.68. The summed E-state index contributed by atoms with van der Waals surface area (Å²) in [5.41, 5.74) is -1.33. The summed E-state index contributed by atoms with van der Waals surface area (Å²) >= 11 is 9.79. The Labute approximate surface area is 115 Å². The van der Waals surface area contributed by atoms with Crippen molar-refractivity contribution in [2.75, 3.05) is 0 Å². The van der Waals surface area contributed by atoms with Gasteiger partial charge in [-0.05, 0) is 34.8 Å². The molecule has 0 spiro atoms. The lowest BCUT2D eigenvalue weighted by atomic mass is 10.3. The Kier molecular flexibility index (Phi) is 3.28. The van der Waals surface area contributed by atoms with Gasteiger partial charge in [0.2, 0.25) is 0 Å². The van der Waals surface area contributed by atoms with Crippen molar-refractivity contribution in [2.24, 2.45) is 0 Å². The van der Waals surface area contributed by atoms with E-state index in [0.717, 1.165) is 11.3 Å². The van der Waals surface area contributed by atoms with Crippen LogP contribution in [0, 0.1) is 0 Å². The SMILES string of the molecule is O=C(O)C1(NS(=O)(=O)c2cc(Cl)c(Br)s2)CC1. The van der Waals surface area contributed by atoms with E-state index in [4.69, 9.17) is 16.7 Å². The Hall–Kier alpha value is -0.150. The first-order valence-electron chi connectivity index (χ1n) is 4.49. The fraction of sp³-hybridized carbons (Fsp3) is 0.375. The fourth-order valence-electron chi connectivity index (χ4n) is 1.25. The quantitative estimate of drug-likeness (QED) is 0.861. The molecule has 2 N–H and O–H groups in total. The molecule has 2 rings (SSSR count). The number of halogens is 2. The highest BCUT2D eigenvalue weighted by Gasteiger charge is 2.53. The lowest BCUT2D eigenvalue weighted by Crippen LogP contribution is -2.42. The van der Waals surface area contributed by atoms with Gasteiger partial charge in [0.15, 0.2) is 0 Å². The summed E-state index contributed by atoms with van der Waals surface area (Å²) in [4.78, 5) is 10.9. The second-order valence-corrected chi connectivity index (χ2v) is 8.37. The molecule has 0 radical (unpaired) electrons. The number of rotatable bonds is 4. The highest BCUT2D eigenvalue weighted by molar-refractivity contribution is 9.11. The van der Waals surface area contributed by atoms with Gasteiger partial charge in [-0.25, -0.2) is 8.42 Å². The monoisotopic (exact) mass is 359 g/mol. The number of sulfonamides is 1. The van der Waals surface area contributed by atoms with Gasteiger partial charge in [0, 0.05) is 0 Å². The predicted octanol–water partition coefficient (Wildman–Crippen LogP) is 2.06. The van der Waals surface area contributed by atoms with E-state index in [2.05, 4.69) is 20.7 Å². The van der Waals surface area contributed by atoms with Crippen LogP contribution >= 0.6 is 38.9 Å². The number of thiophene rings is 1. The maximum Gasteiger partial charge on any atom is 0.324 e. The first kappa shape index (κ1) is 13.3. The van der Waals surface area contributed by atoms with Gasteiger partial charge in [0.25, 0.3) is 10.0 Å². The van der Waals surface area contributed by atoms with E-state index >= 15 is 0 Å². The molecule has 94 valence electrons. The van der Waals surface area contributed by atoms with Crippen LogP contribution in [-0.2, 0) is 14.8 Å². The molecule has 1 heterocycles. The molecule has 1 saturated carbocycles. The lowest BCUT2D eigenvalue weighted by Gasteiger charge is -2.11. The first-order chi connectivity index (χ1) is 7.77. The average Bonchev–Trinajstić information content (AvgIpc) is 2.89. The largest absolute Gasteiger partial charge is 0.480 e. The number of carboxylic acid groups (broad SMARTS) is 1. The number of hydrogen-bond acceptors (Lipinski definition) is 4. The van der Waals surface area contributed by atoms with Gasteiger partial charge in [-0.15, -0.1) is 11.3 Å². The molecule has 1 fully saturated rings. The van der Waals surface area contributed by atoms with E-state index in [9.17, 15) is 13.2 Å². The summed E-state index contributed by atoms with van der Waals surface area (Å²) in [7, 11) is -3.83. The van der Waals surface area contributed by atoms with Crippen molar-refractivity contribution >= 4 is 54.9 Å². The van der Waals surface area contributed by atoms with Crippen molar-refractivity contribution in [3.63, 3.8) is 0 Å². The lowest BCUT2D eigenvalue weighted by molar-refractivity contribution is -0.140. The molecule has 1 aliphatic carbocycles. The molecule has 0 aromatic carbocycles. The molecule has 9 heteroatoms. The van der Waals surface area contributed by atoms with Crippen molar-refractivity contribution in [2.45, 2.75) is 22.6 Å². The van der Waals surface area contributed by atoms with Gasteiger partial charge in [-0.2, -0.15) is 4.72 Å². The summed E-state index contributed by atoms with van der Waals surface area (Å²) in [5, 5.41) is 9.20. The number of aliphatic carboxylic acids is 1. The minimum absolute atomic E-state index is 0.00176. The summed E-state index contributed by atoms with van der Waals surface area (Å²) in [6, 6.07) is 1.29. The summed E-state index contributed by atoms with van der Waals surface area (Å²) in [6.07, 6.45) is 0.615. The van der Waals surface area contributed by atoms with E-state index in [0.29, 0.717) is 16.6 Å². The van der Waals surface area contributed by atoms with Crippen molar-refractivity contribution in [3.05, 3.63) is 14.9 Å². The van der Waals surface area contributed by atoms with Gasteiger partial charge < -0.3 is 5.11 Å². The van der Waals surface area contributed by atoms with E-state index < -0.39 is 21.5 Å². The van der Waals surface area contributed by atoms with Crippen LogP contribution in [0.5, 0.6) is 0 Å². The fourth-order valence-corrected chi connectivity index (χ4v) is 5.07. The Morgan fingerprint density at radius 1 is 1.59 bits per heavy atom. The second kappa shape index (κ2) is 4.20. The van der Waals surface area contributed by atoms with Crippen molar-refractivity contribution in [1.82, 2.24) is 4.72 Å². The van der Waals surface area contributed by atoms with Crippen LogP contribution in [0.2, 0.25) is 5.02 Å². The van der Waals surface area contributed by atoms with Crippen LogP contribution in [0.1, 0.15) is 12.8 Å². The standard InChI is InChI=1S/C8H7BrClNO4S2/c9-6-4(10)3-5(16-6)17(14,15)11-8(1-2-8)7(12)13/h3,11H,1-2H2,(H,12,13). The molecule has 1 aromatic rings. The average molecular weight is 361 g/mol. The van der Waals surface area contributed by atoms with Crippen LogP contribution in [0.3, 0.4) is 0 Å². The Morgan fingerprint density at radius 3 is 2.53 bits per heavy atom. The third kappa shape index (κ3) is 2.50. The van der Waals surface area contributed by atoms with Crippen molar-refractivity contribution in [3.8, 4) is 0 Å². The topological polar surface area (TPSA) is 83.5 Å². The maximum absolute atomic E-state index is 11.9. The molecule has 0 bridgehead atoms. The smallest absolute Gasteiger partial charge is 0.324 e. The zero-order chi connectivity index (χ0) is 12.8. The van der Waals surface area contributed by atoms with Gasteiger partial charge >= 0.3 is 5.97 Å². The van der Waals surface area contributed by atoms with Crippen LogP contribution < -0.4 is 4.72 Å². The Balaban J connectivity index is 2.29. The molecule has 0 atom stereocenters. The first-order valence-corrected chi connectivity index (χ1v) is 7.96. The molecule has 17 heavy (non-hydrogen) atoms. The molecule has 0 aliphatic heterocycles. The summed E-state index contributed by atoms with van der Waals surface area (Å²) < 4.78 is 26.5. The van der Waals surface area contributed by atoms with Gasteiger partial charge in [-0.1, -0.05) is 11.6 Å². The summed E-state index contributed by atoms with van der Waals surface area (Å²) in [6.45, 7) is 0. The number of hydrogen-bond donors (Lipinski definition) is 2. The number of carbonyl (C=O) groups is 1. The molecule has 0 unspecified atom stereocenters.